The summed E-state index contributed by atoms with van der Waals surface area (Å²) in [6.45, 7) is 2.64. The van der Waals surface area contributed by atoms with E-state index in [1.807, 2.05) is 25.1 Å². The molecule has 1 amide bonds. The van der Waals surface area contributed by atoms with Crippen molar-refractivity contribution in [1.82, 2.24) is 5.32 Å². The van der Waals surface area contributed by atoms with E-state index in [4.69, 9.17) is 22.1 Å². The highest BCUT2D eigenvalue weighted by Crippen LogP contribution is 2.15. The SMILES string of the molecule is Cc1ccc(Cl)cc1C(=O)NCCOc1cccc(N)c1. The molecule has 0 saturated heterocycles. The summed E-state index contributed by atoms with van der Waals surface area (Å²) in [6.07, 6.45) is 0. The van der Waals surface area contributed by atoms with Crippen LogP contribution in [0.2, 0.25) is 5.02 Å². The molecule has 0 fully saturated rings. The molecule has 0 aliphatic carbocycles. The van der Waals surface area contributed by atoms with Gasteiger partial charge in [0.1, 0.15) is 12.4 Å². The van der Waals surface area contributed by atoms with E-state index < -0.39 is 0 Å². The number of amides is 1. The first-order chi connectivity index (χ1) is 10.1. The summed E-state index contributed by atoms with van der Waals surface area (Å²) in [7, 11) is 0. The van der Waals surface area contributed by atoms with Crippen LogP contribution in [0.25, 0.3) is 0 Å². The van der Waals surface area contributed by atoms with Gasteiger partial charge >= 0.3 is 0 Å². The maximum atomic E-state index is 12.0. The van der Waals surface area contributed by atoms with Crippen LogP contribution in [-0.4, -0.2) is 19.1 Å². The number of nitrogens with one attached hydrogen (secondary N) is 1. The van der Waals surface area contributed by atoms with Gasteiger partial charge in [0, 0.05) is 22.3 Å². The molecule has 0 spiro atoms. The zero-order valence-corrected chi connectivity index (χ0v) is 12.5. The number of rotatable bonds is 5. The van der Waals surface area contributed by atoms with Crippen LogP contribution in [0.3, 0.4) is 0 Å². The maximum absolute atomic E-state index is 12.0. The second-order valence-corrected chi connectivity index (χ2v) is 5.07. The van der Waals surface area contributed by atoms with Gasteiger partial charge < -0.3 is 15.8 Å². The predicted octanol–water partition coefficient (Wildman–Crippen LogP) is 3.04. The van der Waals surface area contributed by atoms with Crippen LogP contribution in [0.1, 0.15) is 15.9 Å². The van der Waals surface area contributed by atoms with Crippen molar-refractivity contribution in [3.8, 4) is 5.75 Å². The number of anilines is 1. The average Bonchev–Trinajstić information content (AvgIpc) is 2.46. The van der Waals surface area contributed by atoms with Gasteiger partial charge in [0.05, 0.1) is 6.54 Å². The lowest BCUT2D eigenvalue weighted by Crippen LogP contribution is -2.28. The molecule has 0 bridgehead atoms. The van der Waals surface area contributed by atoms with Crippen LogP contribution in [0, 0.1) is 6.92 Å². The summed E-state index contributed by atoms with van der Waals surface area (Å²) >= 11 is 5.90. The lowest BCUT2D eigenvalue weighted by Gasteiger charge is -2.10. The summed E-state index contributed by atoms with van der Waals surface area (Å²) in [6, 6.07) is 12.4. The van der Waals surface area contributed by atoms with Gasteiger partial charge in [0.15, 0.2) is 0 Å². The minimum atomic E-state index is -0.161. The Bertz CT molecular complexity index is 644. The van der Waals surface area contributed by atoms with Gasteiger partial charge in [-0.25, -0.2) is 0 Å². The van der Waals surface area contributed by atoms with E-state index in [9.17, 15) is 4.79 Å². The first kappa shape index (κ1) is 15.2. The molecule has 0 atom stereocenters. The van der Waals surface area contributed by atoms with E-state index in [0.29, 0.717) is 35.2 Å². The smallest absolute Gasteiger partial charge is 0.251 e. The molecule has 2 aromatic rings. The van der Waals surface area contributed by atoms with Crippen molar-refractivity contribution in [3.05, 3.63) is 58.6 Å². The van der Waals surface area contributed by atoms with E-state index in [0.717, 1.165) is 5.56 Å². The second-order valence-electron chi connectivity index (χ2n) is 4.64. The van der Waals surface area contributed by atoms with Gasteiger partial charge in [-0.2, -0.15) is 0 Å². The average molecular weight is 305 g/mol. The Morgan fingerprint density at radius 1 is 1.29 bits per heavy atom. The lowest BCUT2D eigenvalue weighted by atomic mass is 10.1. The van der Waals surface area contributed by atoms with Crippen LogP contribution in [0.4, 0.5) is 5.69 Å². The standard InChI is InChI=1S/C16H17ClN2O2/c1-11-5-6-12(17)9-15(11)16(20)19-7-8-21-14-4-2-3-13(18)10-14/h2-6,9-10H,7-8,18H2,1H3,(H,19,20). The van der Waals surface area contributed by atoms with E-state index in [-0.39, 0.29) is 5.91 Å². The summed E-state index contributed by atoms with van der Waals surface area (Å²) in [5.41, 5.74) is 7.76. The number of halogens is 1. The van der Waals surface area contributed by atoms with Crippen molar-refractivity contribution in [2.75, 3.05) is 18.9 Å². The monoisotopic (exact) mass is 304 g/mol. The molecule has 3 N–H and O–H groups in total. The van der Waals surface area contributed by atoms with Crippen LogP contribution >= 0.6 is 11.6 Å². The number of carbonyl (C=O) groups excluding carboxylic acids is 1. The Kier molecular flexibility index (Phi) is 5.06. The van der Waals surface area contributed by atoms with Crippen molar-refractivity contribution >= 4 is 23.2 Å². The van der Waals surface area contributed by atoms with Gasteiger partial charge in [0.25, 0.3) is 5.91 Å². The molecule has 0 radical (unpaired) electrons. The third-order valence-corrected chi connectivity index (χ3v) is 3.19. The van der Waals surface area contributed by atoms with Crippen molar-refractivity contribution in [2.24, 2.45) is 0 Å². The highest BCUT2D eigenvalue weighted by molar-refractivity contribution is 6.31. The van der Waals surface area contributed by atoms with E-state index in [2.05, 4.69) is 5.32 Å². The molecule has 0 aromatic heterocycles. The number of nitrogen functional groups attached to an aromatic ring is 1. The third-order valence-electron chi connectivity index (χ3n) is 2.96. The minimum absolute atomic E-state index is 0.161. The van der Waals surface area contributed by atoms with Gasteiger partial charge in [-0.15, -0.1) is 0 Å². The molecule has 0 unspecified atom stereocenters. The number of nitrogens with two attached hydrogens (primary N) is 1. The Balaban J connectivity index is 1.83. The van der Waals surface area contributed by atoms with Crippen LogP contribution in [0.5, 0.6) is 5.75 Å². The predicted molar refractivity (Wildman–Crippen MR) is 84.9 cm³/mol. The number of hydrogen-bond donors (Lipinski definition) is 2. The fourth-order valence-corrected chi connectivity index (χ4v) is 2.04. The molecular formula is C16H17ClN2O2. The molecule has 0 aliphatic rings. The molecular weight excluding hydrogens is 288 g/mol. The number of ether oxygens (including phenoxy) is 1. The molecule has 0 aliphatic heterocycles. The maximum Gasteiger partial charge on any atom is 0.251 e. The fraction of sp³-hybridized carbons (Fsp3) is 0.188. The Labute approximate surface area is 128 Å². The number of hydrogen-bond acceptors (Lipinski definition) is 3. The minimum Gasteiger partial charge on any atom is -0.492 e. The van der Waals surface area contributed by atoms with Gasteiger partial charge in [0.2, 0.25) is 0 Å². The normalized spacial score (nSPS) is 10.2. The van der Waals surface area contributed by atoms with E-state index >= 15 is 0 Å². The highest BCUT2D eigenvalue weighted by atomic mass is 35.5. The summed E-state index contributed by atoms with van der Waals surface area (Å²) in [5, 5.41) is 3.34. The van der Waals surface area contributed by atoms with Crippen LogP contribution in [-0.2, 0) is 0 Å². The summed E-state index contributed by atoms with van der Waals surface area (Å²) in [5.74, 6) is 0.523. The molecule has 21 heavy (non-hydrogen) atoms. The molecule has 110 valence electrons. The molecule has 0 saturated carbocycles. The fourth-order valence-electron chi connectivity index (χ4n) is 1.87. The topological polar surface area (TPSA) is 64.3 Å². The van der Waals surface area contributed by atoms with Crippen molar-refractivity contribution in [2.45, 2.75) is 6.92 Å². The van der Waals surface area contributed by atoms with Crippen molar-refractivity contribution < 1.29 is 9.53 Å². The van der Waals surface area contributed by atoms with Crippen LogP contribution < -0.4 is 15.8 Å². The van der Waals surface area contributed by atoms with E-state index in [1.54, 1.807) is 24.3 Å². The van der Waals surface area contributed by atoms with Gasteiger partial charge in [-0.05, 0) is 36.8 Å². The molecule has 0 heterocycles. The number of aryl methyl sites for hydroxylation is 1. The Hall–Kier alpha value is -2.20. The third kappa shape index (κ3) is 4.39. The zero-order valence-electron chi connectivity index (χ0n) is 11.7. The Morgan fingerprint density at radius 3 is 2.86 bits per heavy atom. The number of benzene rings is 2. The zero-order chi connectivity index (χ0) is 15.2. The van der Waals surface area contributed by atoms with E-state index in [1.165, 1.54) is 0 Å². The highest BCUT2D eigenvalue weighted by Gasteiger charge is 2.08. The Morgan fingerprint density at radius 2 is 2.10 bits per heavy atom. The van der Waals surface area contributed by atoms with Crippen molar-refractivity contribution in [3.63, 3.8) is 0 Å². The molecule has 5 heteroatoms. The quantitative estimate of drug-likeness (QED) is 0.659. The molecule has 4 nitrogen and oxygen atoms in total. The summed E-state index contributed by atoms with van der Waals surface area (Å²) in [4.78, 5) is 12.0. The second kappa shape index (κ2) is 6.99. The molecule has 2 rings (SSSR count). The summed E-state index contributed by atoms with van der Waals surface area (Å²) < 4.78 is 5.51. The first-order valence-corrected chi connectivity index (χ1v) is 6.97. The number of carbonyl (C=O) groups is 1. The first-order valence-electron chi connectivity index (χ1n) is 6.59. The largest absolute Gasteiger partial charge is 0.492 e. The molecule has 2 aromatic carbocycles. The van der Waals surface area contributed by atoms with Crippen molar-refractivity contribution in [1.29, 1.82) is 0 Å². The van der Waals surface area contributed by atoms with Crippen LogP contribution in [0.15, 0.2) is 42.5 Å². The van der Waals surface area contributed by atoms with Gasteiger partial charge in [-0.1, -0.05) is 23.7 Å². The van der Waals surface area contributed by atoms with Gasteiger partial charge in [-0.3, -0.25) is 4.79 Å². The lowest BCUT2D eigenvalue weighted by molar-refractivity contribution is 0.0946.